The number of rotatable bonds is 6. The van der Waals surface area contributed by atoms with Gasteiger partial charge in [-0.15, -0.1) is 0 Å². The average Bonchev–Trinajstić information content (AvgIpc) is 3.44. The molecule has 0 aliphatic heterocycles. The summed E-state index contributed by atoms with van der Waals surface area (Å²) in [4.78, 5) is 36.7. The molecule has 0 fully saturated rings. The lowest BCUT2D eigenvalue weighted by molar-refractivity contribution is -0.192. The number of furan rings is 1. The number of amides is 1. The highest BCUT2D eigenvalue weighted by Crippen LogP contribution is 2.34. The number of carboxylic acids is 2. The molecule has 0 saturated heterocycles. The predicted octanol–water partition coefficient (Wildman–Crippen LogP) is 2.79. The standard InChI is InChI=1S/C19H18N4O4.C2HF3O2/c24-18(15-3-1-10-27-15)21-7-2-9-23-17(19(25)26)14-5-4-12-11-20-8-6-13(12)16(14)22-23;3-2(4,5)1(6)7/h1,3,6,8,10-11H,2,4-5,7,9H2,(H,21,24)(H,25,26);(H,6,7). The minimum Gasteiger partial charge on any atom is -0.477 e. The Morgan fingerprint density at radius 1 is 1.18 bits per heavy atom. The van der Waals surface area contributed by atoms with Gasteiger partial charge in [0.2, 0.25) is 0 Å². The SMILES string of the molecule is O=C(NCCCn1nc2c(c1C(=O)O)CCc1cnccc1-2)c1ccco1.O=C(O)C(F)(F)F. The third-order valence-corrected chi connectivity index (χ3v) is 4.88. The Morgan fingerprint density at radius 2 is 1.91 bits per heavy atom. The molecule has 180 valence electrons. The monoisotopic (exact) mass is 480 g/mol. The summed E-state index contributed by atoms with van der Waals surface area (Å²) >= 11 is 0. The molecule has 3 N–H and O–H groups in total. The summed E-state index contributed by atoms with van der Waals surface area (Å²) in [6.45, 7) is 0.789. The quantitative estimate of drug-likeness (QED) is 0.456. The first-order chi connectivity index (χ1) is 16.1. The Bertz CT molecular complexity index is 1190. The molecule has 34 heavy (non-hydrogen) atoms. The zero-order valence-corrected chi connectivity index (χ0v) is 17.5. The lowest BCUT2D eigenvalue weighted by Crippen LogP contribution is -2.25. The topological polar surface area (TPSA) is 148 Å². The number of hydrogen-bond acceptors (Lipinski definition) is 6. The van der Waals surface area contributed by atoms with Crippen molar-refractivity contribution in [3.63, 3.8) is 0 Å². The fraction of sp³-hybridized carbons (Fsp3) is 0.286. The van der Waals surface area contributed by atoms with Crippen LogP contribution in [0.3, 0.4) is 0 Å². The maximum Gasteiger partial charge on any atom is 0.490 e. The Labute approximate surface area is 190 Å². The molecule has 1 aliphatic carbocycles. The van der Waals surface area contributed by atoms with E-state index in [2.05, 4.69) is 15.4 Å². The predicted molar refractivity (Wildman–Crippen MR) is 109 cm³/mol. The first kappa shape index (κ1) is 24.5. The van der Waals surface area contributed by atoms with Crippen molar-refractivity contribution >= 4 is 17.8 Å². The molecule has 0 bridgehead atoms. The second-order valence-electron chi connectivity index (χ2n) is 7.13. The molecule has 3 heterocycles. The van der Waals surface area contributed by atoms with Crippen molar-refractivity contribution in [1.29, 1.82) is 0 Å². The van der Waals surface area contributed by atoms with Gasteiger partial charge in [-0.1, -0.05) is 0 Å². The van der Waals surface area contributed by atoms with Gasteiger partial charge in [0, 0.05) is 36.6 Å². The molecule has 13 heteroatoms. The number of halogens is 3. The number of nitrogens with one attached hydrogen (secondary N) is 1. The maximum absolute atomic E-state index is 11.9. The van der Waals surface area contributed by atoms with E-state index >= 15 is 0 Å². The summed E-state index contributed by atoms with van der Waals surface area (Å²) in [5.41, 5.74) is 3.73. The second-order valence-corrected chi connectivity index (χ2v) is 7.13. The van der Waals surface area contributed by atoms with E-state index in [1.54, 1.807) is 18.3 Å². The zero-order valence-electron chi connectivity index (χ0n) is 17.5. The number of aryl methyl sites for hydroxylation is 2. The molecule has 10 nitrogen and oxygen atoms in total. The molecule has 0 unspecified atom stereocenters. The number of carbonyl (C=O) groups excluding carboxylic acids is 1. The van der Waals surface area contributed by atoms with E-state index in [-0.39, 0.29) is 17.4 Å². The van der Waals surface area contributed by atoms with Crippen LogP contribution in [-0.2, 0) is 24.2 Å². The summed E-state index contributed by atoms with van der Waals surface area (Å²) < 4.78 is 38.3. The van der Waals surface area contributed by atoms with Crippen LogP contribution in [0.15, 0.2) is 41.3 Å². The average molecular weight is 480 g/mol. The molecule has 1 amide bonds. The molecule has 0 aromatic carbocycles. The Kier molecular flexibility index (Phi) is 7.34. The van der Waals surface area contributed by atoms with Crippen molar-refractivity contribution in [3.8, 4) is 11.3 Å². The van der Waals surface area contributed by atoms with Gasteiger partial charge in [-0.2, -0.15) is 18.3 Å². The third-order valence-electron chi connectivity index (χ3n) is 4.88. The highest BCUT2D eigenvalue weighted by molar-refractivity contribution is 5.91. The summed E-state index contributed by atoms with van der Waals surface area (Å²) in [6.07, 6.45) is 1.79. The summed E-state index contributed by atoms with van der Waals surface area (Å²) in [7, 11) is 0. The highest BCUT2D eigenvalue weighted by atomic mass is 19.4. The van der Waals surface area contributed by atoms with E-state index in [0.717, 1.165) is 28.8 Å². The van der Waals surface area contributed by atoms with Crippen molar-refractivity contribution < 1.29 is 42.2 Å². The number of aromatic carboxylic acids is 1. The molecule has 0 atom stereocenters. The van der Waals surface area contributed by atoms with E-state index in [1.807, 2.05) is 12.3 Å². The summed E-state index contributed by atoms with van der Waals surface area (Å²) in [6, 6.07) is 5.11. The number of pyridine rings is 1. The van der Waals surface area contributed by atoms with Crippen LogP contribution in [0.4, 0.5) is 13.2 Å². The Balaban J connectivity index is 0.000000406. The van der Waals surface area contributed by atoms with Crippen molar-refractivity contribution in [2.75, 3.05) is 6.54 Å². The normalized spacial score (nSPS) is 12.1. The molecule has 1 aliphatic rings. The number of aliphatic carboxylic acids is 1. The van der Waals surface area contributed by atoms with Gasteiger partial charge in [-0.05, 0) is 43.0 Å². The molecule has 3 aromatic rings. The maximum atomic E-state index is 11.9. The number of carbonyl (C=O) groups is 3. The van der Waals surface area contributed by atoms with Crippen LogP contribution in [0.1, 0.15) is 38.6 Å². The van der Waals surface area contributed by atoms with Crippen molar-refractivity contribution in [2.24, 2.45) is 0 Å². The van der Waals surface area contributed by atoms with Gasteiger partial charge < -0.3 is 19.9 Å². The largest absolute Gasteiger partial charge is 0.490 e. The Morgan fingerprint density at radius 3 is 2.53 bits per heavy atom. The summed E-state index contributed by atoms with van der Waals surface area (Å²) in [5.74, 6) is -3.78. The van der Waals surface area contributed by atoms with Crippen molar-refractivity contribution in [1.82, 2.24) is 20.1 Å². The molecule has 0 spiro atoms. The van der Waals surface area contributed by atoms with Gasteiger partial charge in [-0.3, -0.25) is 14.5 Å². The molecule has 0 radical (unpaired) electrons. The van der Waals surface area contributed by atoms with Crippen LogP contribution < -0.4 is 5.32 Å². The number of carboxylic acid groups (broad SMARTS) is 2. The molecule has 3 aromatic heterocycles. The van der Waals surface area contributed by atoms with Gasteiger partial charge in [0.15, 0.2) is 5.76 Å². The Hall–Kier alpha value is -4.16. The van der Waals surface area contributed by atoms with Gasteiger partial charge in [-0.25, -0.2) is 9.59 Å². The van der Waals surface area contributed by atoms with Gasteiger partial charge in [0.05, 0.1) is 12.0 Å². The lowest BCUT2D eigenvalue weighted by Gasteiger charge is -2.14. The van der Waals surface area contributed by atoms with Crippen molar-refractivity contribution in [3.05, 3.63) is 59.4 Å². The molecular weight excluding hydrogens is 461 g/mol. The molecular formula is C21H19F3N4O6. The van der Waals surface area contributed by atoms with Gasteiger partial charge >= 0.3 is 18.1 Å². The number of aromatic nitrogens is 3. The van der Waals surface area contributed by atoms with Crippen LogP contribution in [0.5, 0.6) is 0 Å². The van der Waals surface area contributed by atoms with Crippen LogP contribution >= 0.6 is 0 Å². The second kappa shape index (κ2) is 10.2. The number of nitrogens with zero attached hydrogens (tertiary/aromatic N) is 3. The lowest BCUT2D eigenvalue weighted by atomic mass is 9.90. The first-order valence-corrected chi connectivity index (χ1v) is 9.97. The van der Waals surface area contributed by atoms with Gasteiger partial charge in [0.1, 0.15) is 5.69 Å². The number of fused-ring (bicyclic) bond motifs is 3. The highest BCUT2D eigenvalue weighted by Gasteiger charge is 2.38. The molecule has 0 saturated carbocycles. The fourth-order valence-corrected chi connectivity index (χ4v) is 3.40. The fourth-order valence-electron chi connectivity index (χ4n) is 3.40. The minimum absolute atomic E-state index is 0.227. The zero-order chi connectivity index (χ0) is 24.9. The number of alkyl halides is 3. The van der Waals surface area contributed by atoms with Crippen LogP contribution in [0.25, 0.3) is 11.3 Å². The number of hydrogen-bond donors (Lipinski definition) is 3. The smallest absolute Gasteiger partial charge is 0.477 e. The van der Waals surface area contributed by atoms with E-state index in [4.69, 9.17) is 14.3 Å². The van der Waals surface area contributed by atoms with E-state index in [1.165, 1.54) is 10.9 Å². The minimum atomic E-state index is -5.08. The van der Waals surface area contributed by atoms with Crippen LogP contribution in [-0.4, -0.2) is 55.5 Å². The molecule has 4 rings (SSSR count). The van der Waals surface area contributed by atoms with Crippen LogP contribution in [0.2, 0.25) is 0 Å². The van der Waals surface area contributed by atoms with E-state index < -0.39 is 18.1 Å². The van der Waals surface area contributed by atoms with Crippen molar-refractivity contribution in [2.45, 2.75) is 32.0 Å². The van der Waals surface area contributed by atoms with Gasteiger partial charge in [0.25, 0.3) is 5.91 Å². The van der Waals surface area contributed by atoms with E-state index in [0.29, 0.717) is 25.9 Å². The van der Waals surface area contributed by atoms with Crippen LogP contribution in [0, 0.1) is 0 Å². The first-order valence-electron chi connectivity index (χ1n) is 9.97. The van der Waals surface area contributed by atoms with E-state index in [9.17, 15) is 27.9 Å². The summed E-state index contributed by atoms with van der Waals surface area (Å²) in [5, 5.41) is 24.1. The third kappa shape index (κ3) is 5.60.